The third kappa shape index (κ3) is 3.75. The van der Waals surface area contributed by atoms with Crippen molar-refractivity contribution in [1.29, 1.82) is 0 Å². The second kappa shape index (κ2) is 8.19. The monoisotopic (exact) mass is 409 g/mol. The van der Waals surface area contributed by atoms with E-state index in [2.05, 4.69) is 52.3 Å². The zero-order valence-electron chi connectivity index (χ0n) is 17.3. The molecule has 5 heteroatoms. The lowest BCUT2D eigenvalue weighted by Crippen LogP contribution is -2.40. The summed E-state index contributed by atoms with van der Waals surface area (Å²) >= 11 is 0. The first kappa shape index (κ1) is 19.2. The highest BCUT2D eigenvalue weighted by Gasteiger charge is 2.29. The van der Waals surface area contributed by atoms with Crippen LogP contribution in [0, 0.1) is 5.92 Å². The molecule has 3 heterocycles. The van der Waals surface area contributed by atoms with Gasteiger partial charge in [-0.2, -0.15) is 0 Å². The number of hydrogen-bond acceptors (Lipinski definition) is 3. The summed E-state index contributed by atoms with van der Waals surface area (Å²) in [6.45, 7) is 1.59. The lowest BCUT2D eigenvalue weighted by molar-refractivity contribution is -0.362. The standard InChI is InChI=1S/C26H24N4O/c27-25(31)20-12-15-30(16-13-20)26-22-17-21(18-7-3-1-4-8-18)24(19-9-5-2-6-10-19)29-23(22)11-14-28-26/h1-11,14,17,20H,12-13,15-16H2,(H2,27,31)/p+1. The molecule has 5 rings (SSSR count). The number of anilines is 1. The molecule has 1 aliphatic rings. The van der Waals surface area contributed by atoms with Crippen LogP contribution in [0.1, 0.15) is 12.8 Å². The van der Waals surface area contributed by atoms with Crippen molar-refractivity contribution >= 4 is 22.6 Å². The normalized spacial score (nSPS) is 14.6. The van der Waals surface area contributed by atoms with Gasteiger partial charge in [0.2, 0.25) is 5.91 Å². The molecule has 0 bridgehead atoms. The molecule has 2 aromatic carbocycles. The lowest BCUT2D eigenvalue weighted by atomic mass is 9.95. The van der Waals surface area contributed by atoms with E-state index < -0.39 is 0 Å². The topological polar surface area (TPSA) is 73.4 Å². The van der Waals surface area contributed by atoms with Gasteiger partial charge >= 0.3 is 0 Å². The molecule has 1 saturated heterocycles. The summed E-state index contributed by atoms with van der Waals surface area (Å²) in [7, 11) is 0. The van der Waals surface area contributed by atoms with Crippen molar-refractivity contribution in [3.63, 3.8) is 0 Å². The number of benzene rings is 2. The van der Waals surface area contributed by atoms with E-state index in [1.165, 1.54) is 0 Å². The van der Waals surface area contributed by atoms with Crippen molar-refractivity contribution < 1.29 is 9.78 Å². The smallest absolute Gasteiger partial charge is 0.283 e. The number of primary amides is 1. The number of nitrogens with zero attached hydrogens (tertiary/aromatic N) is 2. The molecule has 0 atom stereocenters. The molecular weight excluding hydrogens is 384 g/mol. The Balaban J connectivity index is 1.65. The Kier molecular flexibility index (Phi) is 5.08. The number of H-pyrrole nitrogens is 1. The Labute approximate surface area is 181 Å². The highest BCUT2D eigenvalue weighted by atomic mass is 16.1. The van der Waals surface area contributed by atoms with Gasteiger partial charge in [-0.15, -0.1) is 0 Å². The SMILES string of the molecule is NC(=O)C1CCN(c2[nH+]ccc3nc(-c4ccccc4)c(-c4ccccc4)cc23)CC1. The summed E-state index contributed by atoms with van der Waals surface area (Å²) in [6.07, 6.45) is 3.50. The fraction of sp³-hybridized carbons (Fsp3) is 0.192. The fourth-order valence-electron chi connectivity index (χ4n) is 4.42. The van der Waals surface area contributed by atoms with Crippen molar-refractivity contribution in [3.8, 4) is 22.4 Å². The minimum absolute atomic E-state index is 0.0334. The van der Waals surface area contributed by atoms with Crippen LogP contribution in [0.25, 0.3) is 33.3 Å². The fourth-order valence-corrected chi connectivity index (χ4v) is 4.42. The lowest BCUT2D eigenvalue weighted by Gasteiger charge is -2.26. The highest BCUT2D eigenvalue weighted by molar-refractivity contribution is 5.96. The van der Waals surface area contributed by atoms with Crippen LogP contribution in [0.3, 0.4) is 0 Å². The number of nitrogens with two attached hydrogens (primary N) is 1. The Morgan fingerprint density at radius 2 is 1.58 bits per heavy atom. The number of rotatable bonds is 4. The Morgan fingerprint density at radius 1 is 0.935 bits per heavy atom. The number of carbonyl (C=O) groups is 1. The van der Waals surface area contributed by atoms with Crippen molar-refractivity contribution in [3.05, 3.63) is 79.0 Å². The van der Waals surface area contributed by atoms with Gasteiger partial charge < -0.3 is 5.73 Å². The van der Waals surface area contributed by atoms with Gasteiger partial charge in [0.1, 0.15) is 0 Å². The van der Waals surface area contributed by atoms with E-state index >= 15 is 0 Å². The van der Waals surface area contributed by atoms with E-state index in [9.17, 15) is 4.79 Å². The summed E-state index contributed by atoms with van der Waals surface area (Å²) in [5.41, 5.74) is 10.8. The van der Waals surface area contributed by atoms with E-state index in [1.54, 1.807) is 0 Å². The third-order valence-electron chi connectivity index (χ3n) is 6.11. The first-order chi connectivity index (χ1) is 15.2. The molecule has 0 aliphatic carbocycles. The quantitative estimate of drug-likeness (QED) is 0.552. The van der Waals surface area contributed by atoms with Crippen LogP contribution in [-0.2, 0) is 4.79 Å². The number of nitrogens with one attached hydrogen (secondary N) is 1. The van der Waals surface area contributed by atoms with Crippen molar-refractivity contribution in [2.45, 2.75) is 12.8 Å². The molecule has 2 aromatic heterocycles. The molecule has 0 spiro atoms. The minimum atomic E-state index is -0.193. The van der Waals surface area contributed by atoms with Gasteiger partial charge in [-0.3, -0.25) is 9.69 Å². The van der Waals surface area contributed by atoms with Crippen LogP contribution in [0.5, 0.6) is 0 Å². The van der Waals surface area contributed by atoms with Crippen LogP contribution >= 0.6 is 0 Å². The maximum absolute atomic E-state index is 11.6. The maximum atomic E-state index is 11.6. The van der Waals surface area contributed by atoms with Crippen LogP contribution < -0.4 is 15.6 Å². The predicted molar refractivity (Wildman–Crippen MR) is 123 cm³/mol. The van der Waals surface area contributed by atoms with E-state index in [0.29, 0.717) is 0 Å². The Hall–Kier alpha value is -3.73. The number of amides is 1. The van der Waals surface area contributed by atoms with Gasteiger partial charge in [0, 0.05) is 23.1 Å². The highest BCUT2D eigenvalue weighted by Crippen LogP contribution is 2.35. The number of pyridine rings is 2. The van der Waals surface area contributed by atoms with E-state index in [4.69, 9.17) is 10.7 Å². The molecule has 0 saturated carbocycles. The van der Waals surface area contributed by atoms with Crippen LogP contribution in [-0.4, -0.2) is 24.0 Å². The summed E-state index contributed by atoms with van der Waals surface area (Å²) in [5.74, 6) is 0.820. The number of aromatic nitrogens is 2. The molecule has 154 valence electrons. The molecule has 1 fully saturated rings. The van der Waals surface area contributed by atoms with Gasteiger partial charge in [0.05, 0.1) is 35.9 Å². The number of piperidine rings is 1. The summed E-state index contributed by atoms with van der Waals surface area (Å²) in [6, 6.07) is 25.0. The van der Waals surface area contributed by atoms with Gasteiger partial charge in [-0.1, -0.05) is 60.7 Å². The first-order valence-electron chi connectivity index (χ1n) is 10.7. The first-order valence-corrected chi connectivity index (χ1v) is 10.7. The molecular formula is C26H25N4O+. The van der Waals surface area contributed by atoms with Crippen molar-refractivity contribution in [2.75, 3.05) is 18.0 Å². The zero-order chi connectivity index (χ0) is 21.2. The van der Waals surface area contributed by atoms with Crippen molar-refractivity contribution in [1.82, 2.24) is 4.98 Å². The largest absolute Gasteiger partial charge is 0.369 e. The van der Waals surface area contributed by atoms with Crippen LogP contribution in [0.2, 0.25) is 0 Å². The molecule has 3 N–H and O–H groups in total. The average molecular weight is 410 g/mol. The predicted octanol–water partition coefficient (Wildman–Crippen LogP) is 4.08. The third-order valence-corrected chi connectivity index (χ3v) is 6.11. The molecule has 1 aliphatic heterocycles. The second-order valence-corrected chi connectivity index (χ2v) is 8.04. The summed E-state index contributed by atoms with van der Waals surface area (Å²) < 4.78 is 0. The minimum Gasteiger partial charge on any atom is -0.369 e. The van der Waals surface area contributed by atoms with Gasteiger partial charge in [0.25, 0.3) is 5.82 Å². The van der Waals surface area contributed by atoms with Gasteiger partial charge in [-0.05, 0) is 24.5 Å². The molecule has 0 unspecified atom stereocenters. The van der Waals surface area contributed by atoms with E-state index in [1.807, 2.05) is 36.5 Å². The molecule has 31 heavy (non-hydrogen) atoms. The average Bonchev–Trinajstić information content (AvgIpc) is 2.84. The molecule has 5 nitrogen and oxygen atoms in total. The maximum Gasteiger partial charge on any atom is 0.283 e. The Morgan fingerprint density at radius 3 is 2.23 bits per heavy atom. The van der Waals surface area contributed by atoms with Gasteiger partial charge in [-0.25, -0.2) is 9.97 Å². The number of fused-ring (bicyclic) bond motifs is 1. The Bertz CT molecular complexity index is 1220. The van der Waals surface area contributed by atoms with Crippen molar-refractivity contribution in [2.24, 2.45) is 11.7 Å². The summed E-state index contributed by atoms with van der Waals surface area (Å²) in [5, 5.41) is 1.08. The van der Waals surface area contributed by atoms with Crippen LogP contribution in [0.4, 0.5) is 5.82 Å². The zero-order valence-corrected chi connectivity index (χ0v) is 17.3. The molecule has 1 amide bonds. The molecule has 4 aromatic rings. The van der Waals surface area contributed by atoms with E-state index in [-0.39, 0.29) is 11.8 Å². The number of hydrogen-bond donors (Lipinski definition) is 1. The summed E-state index contributed by atoms with van der Waals surface area (Å²) in [4.78, 5) is 22.4. The number of aromatic amines is 1. The van der Waals surface area contributed by atoms with Crippen LogP contribution in [0.15, 0.2) is 79.0 Å². The number of carbonyl (C=O) groups excluding carboxylic acids is 1. The van der Waals surface area contributed by atoms with Gasteiger partial charge in [0.15, 0.2) is 0 Å². The van der Waals surface area contributed by atoms with E-state index in [0.717, 1.165) is 65.0 Å². The second-order valence-electron chi connectivity index (χ2n) is 8.04. The molecule has 0 radical (unpaired) electrons.